The summed E-state index contributed by atoms with van der Waals surface area (Å²) in [6.45, 7) is 2.75. The van der Waals surface area contributed by atoms with Gasteiger partial charge < -0.3 is 27.9 Å². The third-order valence-corrected chi connectivity index (χ3v) is 6.32. The Morgan fingerprint density at radius 1 is 1.08 bits per heavy atom. The van der Waals surface area contributed by atoms with E-state index in [0.29, 0.717) is 6.42 Å². The summed E-state index contributed by atoms with van der Waals surface area (Å²) < 4.78 is 0. The quantitative estimate of drug-likeness (QED) is 0.495. The van der Waals surface area contributed by atoms with Crippen LogP contribution in [0.15, 0.2) is 64.7 Å². The number of aliphatic hydroxyl groups is 2. The van der Waals surface area contributed by atoms with Crippen LogP contribution in [0.3, 0.4) is 0 Å². The third-order valence-electron chi connectivity index (χ3n) is 4.61. The Hall–Kier alpha value is -1.21. The van der Waals surface area contributed by atoms with Crippen LogP contribution in [0.1, 0.15) is 35.5 Å². The second-order valence-corrected chi connectivity index (χ2v) is 8.07. The van der Waals surface area contributed by atoms with E-state index >= 15 is 0 Å². The van der Waals surface area contributed by atoms with Crippen molar-refractivity contribution in [2.24, 2.45) is 0 Å². The first-order valence-electron chi connectivity index (χ1n) is 8.46. The maximum atomic E-state index is 11.3. The average molecular weight is 410 g/mol. The average Bonchev–Trinajstić information content (AvgIpc) is 3.35. The van der Waals surface area contributed by atoms with E-state index < -0.39 is 11.7 Å². The Kier molecular flexibility index (Phi) is 7.83. The minimum Gasteiger partial charge on any atom is -1.00 e. The highest BCUT2D eigenvalue weighted by Gasteiger charge is 2.34. The fraction of sp³-hybridized carbons (Fsp3) is 0.300. The van der Waals surface area contributed by atoms with Crippen molar-refractivity contribution in [1.29, 1.82) is 0 Å². The van der Waals surface area contributed by atoms with Crippen LogP contribution in [0.2, 0.25) is 0 Å². The monoisotopic (exact) mass is 409 g/mol. The lowest BCUT2D eigenvalue weighted by Gasteiger charge is -2.27. The lowest BCUT2D eigenvalue weighted by molar-refractivity contribution is -0.696. The number of benzene rings is 1. The normalized spacial score (nSPS) is 15.7. The predicted molar refractivity (Wildman–Crippen MR) is 104 cm³/mol. The Labute approximate surface area is 168 Å². The first-order valence-corrected chi connectivity index (χ1v) is 10.3. The molecule has 0 saturated carbocycles. The number of hydrogen-bond donors (Lipinski definition) is 3. The van der Waals surface area contributed by atoms with E-state index in [-0.39, 0.29) is 18.4 Å². The molecule has 140 valence electrons. The Morgan fingerprint density at radius 3 is 2.46 bits per heavy atom. The van der Waals surface area contributed by atoms with Crippen molar-refractivity contribution in [1.82, 2.24) is 0 Å². The number of rotatable bonds is 8. The highest BCUT2D eigenvalue weighted by atomic mass is 35.5. The molecule has 6 heteroatoms. The largest absolute Gasteiger partial charge is 1.00 e. The van der Waals surface area contributed by atoms with Crippen molar-refractivity contribution in [2.75, 3.05) is 6.54 Å². The van der Waals surface area contributed by atoms with Gasteiger partial charge in [-0.15, -0.1) is 11.3 Å². The molecular formula is C20H24ClNO2S2. The number of aliphatic hydroxyl groups excluding tert-OH is 1. The van der Waals surface area contributed by atoms with Crippen molar-refractivity contribution in [3.8, 4) is 0 Å². The molecule has 0 aliphatic heterocycles. The van der Waals surface area contributed by atoms with Gasteiger partial charge in [0.05, 0.1) is 6.54 Å². The van der Waals surface area contributed by atoms with Crippen LogP contribution >= 0.6 is 22.7 Å². The molecule has 2 aromatic heterocycles. The van der Waals surface area contributed by atoms with Crippen molar-refractivity contribution in [3.05, 3.63) is 80.7 Å². The van der Waals surface area contributed by atoms with E-state index in [1.165, 1.54) is 0 Å². The number of nitrogens with two attached hydrogens (primary N) is 1. The molecule has 3 unspecified atom stereocenters. The van der Waals surface area contributed by atoms with Crippen LogP contribution in [0.25, 0.3) is 0 Å². The predicted octanol–water partition coefficient (Wildman–Crippen LogP) is 0.125. The standard InChI is InChI=1S/C20H23NO2S2.ClH/c1-15(19(22)16-6-3-2-4-7-16)21-11-10-20(23,17-9-13-24-14-17)18-8-5-12-25-18;/h2-9,12-15,19,21-23H,10-11H2,1H3;1H. The first kappa shape index (κ1) is 21.1. The van der Waals surface area contributed by atoms with Gasteiger partial charge in [-0.25, -0.2) is 0 Å². The Balaban J connectivity index is 0.00000243. The van der Waals surface area contributed by atoms with Gasteiger partial charge in [-0.05, 0) is 46.3 Å². The second-order valence-electron chi connectivity index (χ2n) is 6.34. The molecule has 1 aromatic carbocycles. The van der Waals surface area contributed by atoms with Crippen LogP contribution in [-0.2, 0) is 5.60 Å². The number of halogens is 1. The van der Waals surface area contributed by atoms with Gasteiger partial charge in [0.25, 0.3) is 0 Å². The smallest absolute Gasteiger partial charge is 0.130 e. The van der Waals surface area contributed by atoms with E-state index in [9.17, 15) is 10.2 Å². The summed E-state index contributed by atoms with van der Waals surface area (Å²) in [7, 11) is 0. The zero-order valence-electron chi connectivity index (χ0n) is 14.6. The minimum absolute atomic E-state index is 0. The SMILES string of the molecule is CC([NH2+]CCC(O)(c1ccsc1)c1cccs1)C(O)c1ccccc1.[Cl-]. The summed E-state index contributed by atoms with van der Waals surface area (Å²) in [6.07, 6.45) is 0.0907. The second kappa shape index (κ2) is 9.65. The fourth-order valence-corrected chi connectivity index (χ4v) is 4.66. The molecule has 3 nitrogen and oxygen atoms in total. The molecule has 26 heavy (non-hydrogen) atoms. The zero-order valence-corrected chi connectivity index (χ0v) is 17.0. The summed E-state index contributed by atoms with van der Waals surface area (Å²) in [6, 6.07) is 15.7. The van der Waals surface area contributed by atoms with E-state index in [2.05, 4.69) is 5.32 Å². The van der Waals surface area contributed by atoms with Gasteiger partial charge in [0.15, 0.2) is 0 Å². The van der Waals surface area contributed by atoms with Crippen molar-refractivity contribution >= 4 is 22.7 Å². The molecule has 3 atom stereocenters. The van der Waals surface area contributed by atoms with Gasteiger partial charge in [-0.3, -0.25) is 0 Å². The van der Waals surface area contributed by atoms with Gasteiger partial charge in [-0.1, -0.05) is 36.4 Å². The molecule has 0 bridgehead atoms. The van der Waals surface area contributed by atoms with Crippen LogP contribution in [0.4, 0.5) is 0 Å². The molecular weight excluding hydrogens is 386 g/mol. The number of hydrogen-bond acceptors (Lipinski definition) is 4. The molecule has 2 heterocycles. The van der Waals surface area contributed by atoms with Crippen LogP contribution in [0, 0.1) is 0 Å². The number of thiophene rings is 2. The zero-order chi connectivity index (χ0) is 17.7. The van der Waals surface area contributed by atoms with E-state index in [0.717, 1.165) is 22.5 Å². The van der Waals surface area contributed by atoms with E-state index in [1.807, 2.05) is 71.6 Å². The molecule has 0 aliphatic carbocycles. The lowest BCUT2D eigenvalue weighted by atomic mass is 9.90. The van der Waals surface area contributed by atoms with Gasteiger partial charge in [0, 0.05) is 11.3 Å². The molecule has 0 aliphatic rings. The van der Waals surface area contributed by atoms with Gasteiger partial charge >= 0.3 is 0 Å². The first-order chi connectivity index (χ1) is 12.1. The maximum Gasteiger partial charge on any atom is 0.130 e. The summed E-state index contributed by atoms with van der Waals surface area (Å²) in [5.74, 6) is 0. The summed E-state index contributed by atoms with van der Waals surface area (Å²) in [5.41, 5.74) is 0.921. The van der Waals surface area contributed by atoms with Crippen molar-refractivity contribution < 1.29 is 27.9 Å². The molecule has 0 spiro atoms. The van der Waals surface area contributed by atoms with Gasteiger partial charge in [0.2, 0.25) is 0 Å². The van der Waals surface area contributed by atoms with E-state index in [4.69, 9.17) is 0 Å². The van der Waals surface area contributed by atoms with Crippen LogP contribution in [-0.4, -0.2) is 22.8 Å². The topological polar surface area (TPSA) is 57.1 Å². The molecule has 0 radical (unpaired) electrons. The van der Waals surface area contributed by atoms with Gasteiger partial charge in [-0.2, -0.15) is 11.3 Å². The van der Waals surface area contributed by atoms with Crippen LogP contribution < -0.4 is 17.7 Å². The summed E-state index contributed by atoms with van der Waals surface area (Å²) in [4.78, 5) is 0.968. The maximum absolute atomic E-state index is 11.3. The molecule has 0 saturated heterocycles. The molecule has 4 N–H and O–H groups in total. The van der Waals surface area contributed by atoms with Crippen molar-refractivity contribution in [2.45, 2.75) is 31.1 Å². The highest BCUT2D eigenvalue weighted by Crippen LogP contribution is 2.36. The highest BCUT2D eigenvalue weighted by molar-refractivity contribution is 7.10. The molecule has 0 amide bonds. The molecule has 3 rings (SSSR count). The van der Waals surface area contributed by atoms with Crippen molar-refractivity contribution in [3.63, 3.8) is 0 Å². The van der Waals surface area contributed by atoms with E-state index in [1.54, 1.807) is 22.7 Å². The fourth-order valence-electron chi connectivity index (χ4n) is 3.06. The number of quaternary nitrogens is 1. The summed E-state index contributed by atoms with van der Waals surface area (Å²) >= 11 is 3.18. The lowest BCUT2D eigenvalue weighted by Crippen LogP contribution is -3.00. The minimum atomic E-state index is -0.956. The molecule has 0 fully saturated rings. The third kappa shape index (κ3) is 4.74. The Morgan fingerprint density at radius 2 is 1.85 bits per heavy atom. The van der Waals surface area contributed by atoms with Gasteiger partial charge in [0.1, 0.15) is 17.7 Å². The molecule has 3 aromatic rings. The van der Waals surface area contributed by atoms with Crippen LogP contribution in [0.5, 0.6) is 0 Å². The Bertz CT molecular complexity index is 713. The summed E-state index contributed by atoms with van der Waals surface area (Å²) in [5, 5.41) is 30.0.